The van der Waals surface area contributed by atoms with Crippen LogP contribution in [0.4, 0.5) is 5.69 Å². The molecular weight excluding hydrogens is 378 g/mol. The number of anilines is 1. The Kier molecular flexibility index (Phi) is 6.44. The number of benzene rings is 2. The summed E-state index contributed by atoms with van der Waals surface area (Å²) >= 11 is 5.21. The van der Waals surface area contributed by atoms with E-state index < -0.39 is 0 Å². The molecule has 0 bridgehead atoms. The van der Waals surface area contributed by atoms with Crippen molar-refractivity contribution in [1.29, 1.82) is 0 Å². The molecule has 0 unspecified atom stereocenters. The summed E-state index contributed by atoms with van der Waals surface area (Å²) in [7, 11) is 3.14. The van der Waals surface area contributed by atoms with Crippen molar-refractivity contribution in [2.45, 2.75) is 12.8 Å². The van der Waals surface area contributed by atoms with Crippen molar-refractivity contribution >= 4 is 35.2 Å². The van der Waals surface area contributed by atoms with E-state index in [0.29, 0.717) is 16.6 Å². The van der Waals surface area contributed by atoms with E-state index >= 15 is 0 Å². The van der Waals surface area contributed by atoms with E-state index in [1.807, 2.05) is 24.3 Å². The van der Waals surface area contributed by atoms with Crippen LogP contribution in [-0.2, 0) is 4.79 Å². The average molecular weight is 399 g/mol. The molecule has 7 nitrogen and oxygen atoms in total. The minimum atomic E-state index is -0.212. The molecule has 8 heteroatoms. The number of hydrogen-bond donors (Lipinski definition) is 2. The molecule has 2 aromatic carbocycles. The highest BCUT2D eigenvalue weighted by Gasteiger charge is 2.32. The first-order valence-corrected chi connectivity index (χ1v) is 9.13. The number of esters is 1. The Morgan fingerprint density at radius 1 is 1.11 bits per heavy atom. The van der Waals surface area contributed by atoms with Crippen molar-refractivity contribution in [3.8, 4) is 17.2 Å². The molecular formula is C20H21N3O4S. The summed E-state index contributed by atoms with van der Waals surface area (Å²) in [6, 6.07) is 12.6. The molecule has 1 fully saturated rings. The SMILES string of the molecule is COc1ccc(NC(=S)N/N=C\c2ccc(OC(=O)C3CC3)c(OC)c2)cc1. The van der Waals surface area contributed by atoms with Crippen molar-refractivity contribution in [3.63, 3.8) is 0 Å². The lowest BCUT2D eigenvalue weighted by molar-refractivity contribution is -0.135. The molecule has 28 heavy (non-hydrogen) atoms. The number of carbonyl (C=O) groups is 1. The van der Waals surface area contributed by atoms with Crippen molar-refractivity contribution in [3.05, 3.63) is 48.0 Å². The Bertz CT molecular complexity index is 880. The van der Waals surface area contributed by atoms with Gasteiger partial charge in [0.2, 0.25) is 0 Å². The lowest BCUT2D eigenvalue weighted by Crippen LogP contribution is -2.23. The highest BCUT2D eigenvalue weighted by atomic mass is 32.1. The topological polar surface area (TPSA) is 81.2 Å². The normalized spacial score (nSPS) is 13.1. The zero-order valence-corrected chi connectivity index (χ0v) is 16.4. The first-order valence-electron chi connectivity index (χ1n) is 8.73. The third kappa shape index (κ3) is 5.43. The summed E-state index contributed by atoms with van der Waals surface area (Å²) in [6.07, 6.45) is 3.38. The quantitative estimate of drug-likeness (QED) is 0.243. The predicted molar refractivity (Wildman–Crippen MR) is 111 cm³/mol. The van der Waals surface area contributed by atoms with Gasteiger partial charge in [0.15, 0.2) is 16.6 Å². The second-order valence-electron chi connectivity index (χ2n) is 6.16. The smallest absolute Gasteiger partial charge is 0.314 e. The zero-order chi connectivity index (χ0) is 19.9. The van der Waals surface area contributed by atoms with Gasteiger partial charge < -0.3 is 19.5 Å². The third-order valence-corrected chi connectivity index (χ3v) is 4.23. The standard InChI is InChI=1S/C20H21N3O4S/c1-25-16-8-6-15(7-9-16)22-20(28)23-21-12-13-3-10-17(18(11-13)26-2)27-19(24)14-4-5-14/h3,6-12,14H,4-5H2,1-2H3,(H2,22,23,28)/b21-12-. The summed E-state index contributed by atoms with van der Waals surface area (Å²) in [5, 5.41) is 7.48. The number of rotatable bonds is 7. The van der Waals surface area contributed by atoms with Gasteiger partial charge in [-0.2, -0.15) is 5.10 Å². The van der Waals surface area contributed by atoms with Crippen molar-refractivity contribution < 1.29 is 19.0 Å². The first kappa shape index (κ1) is 19.6. The van der Waals surface area contributed by atoms with Crippen LogP contribution in [0.25, 0.3) is 0 Å². The van der Waals surface area contributed by atoms with E-state index in [2.05, 4.69) is 15.8 Å². The Morgan fingerprint density at radius 2 is 1.86 bits per heavy atom. The van der Waals surface area contributed by atoms with Crippen molar-refractivity contribution in [2.75, 3.05) is 19.5 Å². The molecule has 0 aliphatic heterocycles. The van der Waals surface area contributed by atoms with Crippen LogP contribution in [0.5, 0.6) is 17.2 Å². The van der Waals surface area contributed by atoms with Crippen molar-refractivity contribution in [1.82, 2.24) is 5.43 Å². The molecule has 1 aliphatic carbocycles. The molecule has 0 radical (unpaired) electrons. The molecule has 0 spiro atoms. The lowest BCUT2D eigenvalue weighted by Gasteiger charge is -2.10. The number of nitrogens with zero attached hydrogens (tertiary/aromatic N) is 1. The van der Waals surface area contributed by atoms with E-state index in [9.17, 15) is 4.79 Å². The van der Waals surface area contributed by atoms with Gasteiger partial charge in [0.05, 0.1) is 26.4 Å². The van der Waals surface area contributed by atoms with Crippen LogP contribution in [0.1, 0.15) is 18.4 Å². The van der Waals surface area contributed by atoms with Crippen LogP contribution in [0, 0.1) is 5.92 Å². The van der Waals surface area contributed by atoms with Gasteiger partial charge in [-0.1, -0.05) is 0 Å². The number of hydrazone groups is 1. The van der Waals surface area contributed by atoms with Crippen molar-refractivity contribution in [2.24, 2.45) is 11.0 Å². The Hall–Kier alpha value is -3.13. The molecule has 3 rings (SSSR count). The lowest BCUT2D eigenvalue weighted by atomic mass is 10.2. The van der Waals surface area contributed by atoms with Gasteiger partial charge in [-0.25, -0.2) is 0 Å². The molecule has 0 heterocycles. The Morgan fingerprint density at radius 3 is 2.50 bits per heavy atom. The minimum Gasteiger partial charge on any atom is -0.497 e. The number of carbonyl (C=O) groups excluding carboxylic acids is 1. The van der Waals surface area contributed by atoms with E-state index in [4.69, 9.17) is 26.4 Å². The van der Waals surface area contributed by atoms with Crippen LogP contribution in [0.15, 0.2) is 47.6 Å². The second kappa shape index (κ2) is 9.18. The molecule has 2 aromatic rings. The highest BCUT2D eigenvalue weighted by Crippen LogP contribution is 2.34. The molecule has 2 N–H and O–H groups in total. The number of methoxy groups -OCH3 is 2. The highest BCUT2D eigenvalue weighted by molar-refractivity contribution is 7.80. The monoisotopic (exact) mass is 399 g/mol. The minimum absolute atomic E-state index is 0.0226. The summed E-state index contributed by atoms with van der Waals surface area (Å²) in [6.45, 7) is 0. The molecule has 0 amide bonds. The molecule has 0 atom stereocenters. The van der Waals surface area contributed by atoms with E-state index in [1.165, 1.54) is 7.11 Å². The average Bonchev–Trinajstić information content (AvgIpc) is 3.55. The van der Waals surface area contributed by atoms with Gasteiger partial charge in [-0.15, -0.1) is 0 Å². The Labute approximate surface area is 168 Å². The van der Waals surface area contributed by atoms with E-state index in [1.54, 1.807) is 31.5 Å². The maximum Gasteiger partial charge on any atom is 0.314 e. The first-order chi connectivity index (χ1) is 13.6. The molecule has 0 saturated heterocycles. The van der Waals surface area contributed by atoms with Crippen LogP contribution in [0.3, 0.4) is 0 Å². The Balaban J connectivity index is 1.55. The number of hydrogen-bond acceptors (Lipinski definition) is 6. The zero-order valence-electron chi connectivity index (χ0n) is 15.6. The van der Waals surface area contributed by atoms with Crippen LogP contribution >= 0.6 is 12.2 Å². The fraction of sp³-hybridized carbons (Fsp3) is 0.250. The summed E-state index contributed by atoms with van der Waals surface area (Å²) < 4.78 is 15.8. The van der Waals surface area contributed by atoms with Gasteiger partial charge in [0.1, 0.15) is 5.75 Å². The second-order valence-corrected chi connectivity index (χ2v) is 6.57. The summed E-state index contributed by atoms with van der Waals surface area (Å²) in [4.78, 5) is 11.8. The maximum atomic E-state index is 11.8. The predicted octanol–water partition coefficient (Wildman–Crippen LogP) is 3.34. The third-order valence-electron chi connectivity index (χ3n) is 4.04. The maximum absolute atomic E-state index is 11.8. The van der Waals surface area contributed by atoms with Gasteiger partial charge in [0.25, 0.3) is 0 Å². The summed E-state index contributed by atoms with van der Waals surface area (Å²) in [5.74, 6) is 1.45. The van der Waals surface area contributed by atoms with Crippen LogP contribution < -0.4 is 25.0 Å². The summed E-state index contributed by atoms with van der Waals surface area (Å²) in [5.41, 5.74) is 4.33. The van der Waals surface area contributed by atoms with Gasteiger partial charge in [0, 0.05) is 5.69 Å². The van der Waals surface area contributed by atoms with Gasteiger partial charge >= 0.3 is 5.97 Å². The number of ether oxygens (including phenoxy) is 3. The molecule has 0 aromatic heterocycles. The van der Waals surface area contributed by atoms with Gasteiger partial charge in [-0.05, 0) is 73.1 Å². The fourth-order valence-corrected chi connectivity index (χ4v) is 2.53. The largest absolute Gasteiger partial charge is 0.497 e. The van der Waals surface area contributed by atoms with Crippen LogP contribution in [0.2, 0.25) is 0 Å². The fourth-order valence-electron chi connectivity index (χ4n) is 2.36. The van der Waals surface area contributed by atoms with E-state index in [0.717, 1.165) is 29.8 Å². The molecule has 146 valence electrons. The van der Waals surface area contributed by atoms with Gasteiger partial charge in [-0.3, -0.25) is 10.2 Å². The van der Waals surface area contributed by atoms with Crippen LogP contribution in [-0.4, -0.2) is 31.5 Å². The van der Waals surface area contributed by atoms with E-state index in [-0.39, 0.29) is 11.9 Å². The molecule has 1 saturated carbocycles. The number of nitrogens with one attached hydrogen (secondary N) is 2. The number of thiocarbonyl (C=S) groups is 1. The molecule has 1 aliphatic rings.